The molecule has 0 aliphatic heterocycles. The highest BCUT2D eigenvalue weighted by Crippen LogP contribution is 2.31. The highest BCUT2D eigenvalue weighted by atomic mass is 79.9. The van der Waals surface area contributed by atoms with E-state index in [9.17, 15) is 9.90 Å². The third kappa shape index (κ3) is 7.56. The third-order valence-corrected chi connectivity index (χ3v) is 4.17. The second kappa shape index (κ2) is 11.8. The Morgan fingerprint density at radius 3 is 2.55 bits per heavy atom. The molecule has 1 amide bonds. The maximum Gasteiger partial charge on any atom is 0.252 e. The second-order valence-electron chi connectivity index (χ2n) is 5.73. The van der Waals surface area contributed by atoms with Gasteiger partial charge in [0, 0.05) is 10.5 Å². The van der Waals surface area contributed by atoms with Crippen molar-refractivity contribution in [1.82, 2.24) is 5.32 Å². The molecule has 1 atom stereocenters. The number of nitrogens with one attached hydrogen (secondary N) is 1. The van der Waals surface area contributed by atoms with Gasteiger partial charge < -0.3 is 29.4 Å². The quantitative estimate of drug-likeness (QED) is 0.393. The number of rotatable bonds is 11. The number of hydrogen-bond acceptors (Lipinski definition) is 6. The lowest BCUT2D eigenvalue weighted by Crippen LogP contribution is -2.40. The summed E-state index contributed by atoms with van der Waals surface area (Å²) in [5.41, 5.74) is 0. The molecule has 0 aliphatic rings. The van der Waals surface area contributed by atoms with Crippen LogP contribution in [0.4, 0.5) is 0 Å². The van der Waals surface area contributed by atoms with Crippen LogP contribution in [-0.2, 0) is 4.79 Å². The maximum absolute atomic E-state index is 11.9. The van der Waals surface area contributed by atoms with Gasteiger partial charge in [-0.15, -0.1) is 6.42 Å². The number of hydrogen-bond donors (Lipinski definition) is 2. The molecule has 0 heterocycles. The fraction of sp³-hybridized carbons (Fsp3) is 0.286. The van der Waals surface area contributed by atoms with E-state index in [2.05, 4.69) is 27.2 Å². The summed E-state index contributed by atoms with van der Waals surface area (Å²) in [6, 6.07) is 12.1. The molecular formula is C21H22BrNO6. The number of aliphatic hydroxyl groups is 1. The van der Waals surface area contributed by atoms with E-state index in [1.54, 1.807) is 30.3 Å². The van der Waals surface area contributed by atoms with E-state index in [0.29, 0.717) is 23.0 Å². The Labute approximate surface area is 178 Å². The minimum absolute atomic E-state index is 0.135. The molecule has 0 aliphatic carbocycles. The van der Waals surface area contributed by atoms with Crippen molar-refractivity contribution >= 4 is 21.8 Å². The Balaban J connectivity index is 1.71. The van der Waals surface area contributed by atoms with Crippen molar-refractivity contribution in [2.24, 2.45) is 0 Å². The summed E-state index contributed by atoms with van der Waals surface area (Å²) in [4.78, 5) is 11.9. The SMILES string of the molecule is C#CCOc1ccc(OCCNC(=O)C(O)COc2ccc(Br)cc2)cc1OC. The van der Waals surface area contributed by atoms with Crippen LogP contribution in [0.15, 0.2) is 46.9 Å². The van der Waals surface area contributed by atoms with Crippen molar-refractivity contribution in [1.29, 1.82) is 0 Å². The van der Waals surface area contributed by atoms with E-state index in [1.165, 1.54) is 7.11 Å². The number of ether oxygens (including phenoxy) is 4. The van der Waals surface area contributed by atoms with Gasteiger partial charge in [0.1, 0.15) is 31.3 Å². The van der Waals surface area contributed by atoms with Gasteiger partial charge in [0.15, 0.2) is 17.6 Å². The minimum atomic E-state index is -1.29. The van der Waals surface area contributed by atoms with Crippen LogP contribution in [0.2, 0.25) is 0 Å². The van der Waals surface area contributed by atoms with Crippen molar-refractivity contribution in [3.05, 3.63) is 46.9 Å². The smallest absolute Gasteiger partial charge is 0.252 e. The van der Waals surface area contributed by atoms with Gasteiger partial charge in [-0.3, -0.25) is 4.79 Å². The Morgan fingerprint density at radius 2 is 1.86 bits per heavy atom. The van der Waals surface area contributed by atoms with Crippen molar-refractivity contribution < 1.29 is 28.8 Å². The Kier molecular flexibility index (Phi) is 9.15. The first-order valence-electron chi connectivity index (χ1n) is 8.74. The molecule has 2 aromatic carbocycles. The molecule has 2 rings (SSSR count). The largest absolute Gasteiger partial charge is 0.493 e. The zero-order chi connectivity index (χ0) is 21.1. The first-order valence-corrected chi connectivity index (χ1v) is 9.54. The summed E-state index contributed by atoms with van der Waals surface area (Å²) in [5.74, 6) is 3.95. The molecule has 0 spiro atoms. The summed E-state index contributed by atoms with van der Waals surface area (Å²) in [6.07, 6.45) is 3.89. The van der Waals surface area contributed by atoms with Gasteiger partial charge in [-0.05, 0) is 36.4 Å². The highest BCUT2D eigenvalue weighted by Gasteiger charge is 2.15. The molecule has 29 heavy (non-hydrogen) atoms. The topological polar surface area (TPSA) is 86.3 Å². The molecule has 0 fully saturated rings. The van der Waals surface area contributed by atoms with Crippen LogP contribution in [0, 0.1) is 12.3 Å². The molecule has 0 radical (unpaired) electrons. The number of amides is 1. The van der Waals surface area contributed by atoms with Gasteiger partial charge in [-0.1, -0.05) is 21.9 Å². The molecular weight excluding hydrogens is 442 g/mol. The van der Waals surface area contributed by atoms with Crippen molar-refractivity contribution in [3.63, 3.8) is 0 Å². The molecule has 0 aromatic heterocycles. The standard InChI is InChI=1S/C21H22BrNO6/c1-3-11-28-19-9-8-17(13-20(19)26-2)27-12-10-23-21(25)18(24)14-29-16-6-4-15(22)5-7-16/h1,4-9,13,18,24H,10-12,14H2,2H3,(H,23,25). The van der Waals surface area contributed by atoms with E-state index in [-0.39, 0.29) is 26.4 Å². The number of methoxy groups -OCH3 is 1. The third-order valence-electron chi connectivity index (χ3n) is 3.64. The molecule has 2 N–H and O–H groups in total. The number of benzene rings is 2. The predicted octanol–water partition coefficient (Wildman–Crippen LogP) is 2.40. The summed E-state index contributed by atoms with van der Waals surface area (Å²) in [7, 11) is 1.51. The predicted molar refractivity (Wildman–Crippen MR) is 111 cm³/mol. The van der Waals surface area contributed by atoms with Gasteiger partial charge in [0.05, 0.1) is 13.7 Å². The molecule has 8 heteroatoms. The molecule has 7 nitrogen and oxygen atoms in total. The lowest BCUT2D eigenvalue weighted by Gasteiger charge is -2.14. The Morgan fingerprint density at radius 1 is 1.14 bits per heavy atom. The second-order valence-corrected chi connectivity index (χ2v) is 6.64. The zero-order valence-corrected chi connectivity index (χ0v) is 17.5. The number of terminal acetylenes is 1. The molecule has 0 saturated heterocycles. The normalized spacial score (nSPS) is 11.1. The maximum atomic E-state index is 11.9. The minimum Gasteiger partial charge on any atom is -0.493 e. The lowest BCUT2D eigenvalue weighted by atomic mass is 10.3. The average molecular weight is 464 g/mol. The van der Waals surface area contributed by atoms with E-state index in [4.69, 9.17) is 25.4 Å². The zero-order valence-electron chi connectivity index (χ0n) is 15.9. The van der Waals surface area contributed by atoms with Gasteiger partial charge in [-0.2, -0.15) is 0 Å². The van der Waals surface area contributed by atoms with E-state index >= 15 is 0 Å². The summed E-state index contributed by atoms with van der Waals surface area (Å²) in [6.45, 7) is 0.409. The summed E-state index contributed by atoms with van der Waals surface area (Å²) < 4.78 is 22.5. The van der Waals surface area contributed by atoms with E-state index < -0.39 is 12.0 Å². The Bertz CT molecular complexity index is 834. The van der Waals surface area contributed by atoms with E-state index in [1.807, 2.05) is 12.1 Å². The van der Waals surface area contributed by atoms with Crippen LogP contribution in [-0.4, -0.2) is 50.6 Å². The number of carbonyl (C=O) groups excluding carboxylic acids is 1. The van der Waals surface area contributed by atoms with Crippen LogP contribution in [0.5, 0.6) is 23.0 Å². The number of carbonyl (C=O) groups is 1. The van der Waals surface area contributed by atoms with Gasteiger partial charge in [0.25, 0.3) is 5.91 Å². The molecule has 154 valence electrons. The van der Waals surface area contributed by atoms with E-state index in [0.717, 1.165) is 4.47 Å². The molecule has 0 saturated carbocycles. The lowest BCUT2D eigenvalue weighted by molar-refractivity contribution is -0.130. The Hall–Kier alpha value is -2.89. The van der Waals surface area contributed by atoms with Crippen LogP contribution in [0.25, 0.3) is 0 Å². The van der Waals surface area contributed by atoms with Crippen molar-refractivity contribution in [2.75, 3.05) is 33.5 Å². The summed E-state index contributed by atoms with van der Waals surface area (Å²) >= 11 is 3.32. The van der Waals surface area contributed by atoms with Crippen molar-refractivity contribution in [3.8, 4) is 35.3 Å². The fourth-order valence-corrected chi connectivity index (χ4v) is 2.48. The number of aliphatic hydroxyl groups excluding tert-OH is 1. The highest BCUT2D eigenvalue weighted by molar-refractivity contribution is 9.10. The molecule has 1 unspecified atom stereocenters. The van der Waals surface area contributed by atoms with Gasteiger partial charge in [-0.25, -0.2) is 0 Å². The van der Waals surface area contributed by atoms with Crippen LogP contribution >= 0.6 is 15.9 Å². The average Bonchev–Trinajstić information content (AvgIpc) is 2.74. The van der Waals surface area contributed by atoms with Gasteiger partial charge >= 0.3 is 0 Å². The van der Waals surface area contributed by atoms with Crippen LogP contribution < -0.4 is 24.3 Å². The van der Waals surface area contributed by atoms with Crippen LogP contribution in [0.3, 0.4) is 0 Å². The van der Waals surface area contributed by atoms with Crippen LogP contribution in [0.1, 0.15) is 0 Å². The molecule has 0 bridgehead atoms. The van der Waals surface area contributed by atoms with Gasteiger partial charge in [0.2, 0.25) is 0 Å². The first kappa shape index (κ1) is 22.4. The number of halogens is 1. The van der Waals surface area contributed by atoms with Crippen molar-refractivity contribution in [2.45, 2.75) is 6.10 Å². The monoisotopic (exact) mass is 463 g/mol. The molecule has 2 aromatic rings. The fourth-order valence-electron chi connectivity index (χ4n) is 2.22. The summed E-state index contributed by atoms with van der Waals surface area (Å²) in [5, 5.41) is 12.5. The first-order chi connectivity index (χ1) is 14.0.